The van der Waals surface area contributed by atoms with E-state index in [-0.39, 0.29) is 30.9 Å². The van der Waals surface area contributed by atoms with Crippen molar-refractivity contribution in [2.75, 3.05) is 13.2 Å². The van der Waals surface area contributed by atoms with Crippen molar-refractivity contribution in [2.24, 2.45) is 5.92 Å². The van der Waals surface area contributed by atoms with Crippen molar-refractivity contribution in [3.63, 3.8) is 0 Å². The lowest BCUT2D eigenvalue weighted by molar-refractivity contribution is -0.143. The van der Waals surface area contributed by atoms with Gasteiger partial charge in [-0.05, 0) is 19.3 Å². The summed E-state index contributed by atoms with van der Waals surface area (Å²) in [5.74, 6) is -0.869. The van der Waals surface area contributed by atoms with Crippen molar-refractivity contribution in [2.45, 2.75) is 40.2 Å². The first kappa shape index (κ1) is 16.4. The molecule has 1 unspecified atom stereocenters. The van der Waals surface area contributed by atoms with Gasteiger partial charge in [0, 0.05) is 6.92 Å². The molecule has 18 heavy (non-hydrogen) atoms. The molecule has 0 radical (unpaired) electrons. The molecule has 0 saturated carbocycles. The molecule has 0 saturated heterocycles. The minimum absolute atomic E-state index is 0.180. The van der Waals surface area contributed by atoms with Gasteiger partial charge in [0.15, 0.2) is 0 Å². The molecule has 0 aliphatic heterocycles. The standard InChI is InChI=1S/C12H22N2O4/c1-5-18-11(16)7-13-12(17)10(6-8(2)3)14-9(4)15/h8,10H,5-7H2,1-4H3,(H,13,17)(H,14,15). The Hall–Kier alpha value is -1.59. The fourth-order valence-electron chi connectivity index (χ4n) is 1.44. The summed E-state index contributed by atoms with van der Waals surface area (Å²) in [6, 6.07) is -0.614. The molecule has 104 valence electrons. The molecule has 0 fully saturated rings. The van der Waals surface area contributed by atoms with Gasteiger partial charge in [-0.25, -0.2) is 0 Å². The average Bonchev–Trinajstić information content (AvgIpc) is 2.24. The van der Waals surface area contributed by atoms with Crippen LogP contribution in [0.3, 0.4) is 0 Å². The van der Waals surface area contributed by atoms with E-state index >= 15 is 0 Å². The van der Waals surface area contributed by atoms with Gasteiger partial charge in [-0.2, -0.15) is 0 Å². The van der Waals surface area contributed by atoms with E-state index in [0.29, 0.717) is 6.42 Å². The Balaban J connectivity index is 4.28. The van der Waals surface area contributed by atoms with E-state index in [9.17, 15) is 14.4 Å². The van der Waals surface area contributed by atoms with Gasteiger partial charge in [-0.15, -0.1) is 0 Å². The molecule has 0 rings (SSSR count). The molecule has 0 aliphatic carbocycles. The highest BCUT2D eigenvalue weighted by Crippen LogP contribution is 2.04. The first-order chi connectivity index (χ1) is 8.36. The molecule has 2 amide bonds. The van der Waals surface area contributed by atoms with Gasteiger partial charge in [0.25, 0.3) is 0 Å². The van der Waals surface area contributed by atoms with Gasteiger partial charge in [0.05, 0.1) is 6.61 Å². The first-order valence-corrected chi connectivity index (χ1v) is 6.07. The SMILES string of the molecule is CCOC(=O)CNC(=O)C(CC(C)C)NC(C)=O. The smallest absolute Gasteiger partial charge is 0.325 e. The van der Waals surface area contributed by atoms with Crippen LogP contribution in [0.25, 0.3) is 0 Å². The Morgan fingerprint density at radius 3 is 2.28 bits per heavy atom. The number of nitrogens with one attached hydrogen (secondary N) is 2. The molecule has 0 heterocycles. The van der Waals surface area contributed by atoms with Gasteiger partial charge in [-0.3, -0.25) is 14.4 Å². The van der Waals surface area contributed by atoms with Gasteiger partial charge in [-0.1, -0.05) is 13.8 Å². The highest BCUT2D eigenvalue weighted by Gasteiger charge is 2.21. The summed E-state index contributed by atoms with van der Waals surface area (Å²) < 4.78 is 4.69. The fourth-order valence-corrected chi connectivity index (χ4v) is 1.44. The van der Waals surface area contributed by atoms with Crippen LogP contribution in [0.4, 0.5) is 0 Å². The zero-order chi connectivity index (χ0) is 14.1. The van der Waals surface area contributed by atoms with Crippen molar-refractivity contribution < 1.29 is 19.1 Å². The number of amides is 2. The number of ether oxygens (including phenoxy) is 1. The van der Waals surface area contributed by atoms with Crippen LogP contribution in [-0.4, -0.2) is 37.0 Å². The normalized spacial score (nSPS) is 11.8. The molecule has 1 atom stereocenters. The van der Waals surface area contributed by atoms with Crippen LogP contribution < -0.4 is 10.6 Å². The van der Waals surface area contributed by atoms with Crippen molar-refractivity contribution in [3.05, 3.63) is 0 Å². The second kappa shape index (κ2) is 8.49. The topological polar surface area (TPSA) is 84.5 Å². The Labute approximate surface area is 107 Å². The number of hydrogen-bond donors (Lipinski definition) is 2. The second-order valence-electron chi connectivity index (χ2n) is 4.41. The van der Waals surface area contributed by atoms with Crippen LogP contribution in [0.2, 0.25) is 0 Å². The zero-order valence-corrected chi connectivity index (χ0v) is 11.4. The summed E-state index contributed by atoms with van der Waals surface area (Å²) in [6.45, 7) is 7.04. The van der Waals surface area contributed by atoms with Gasteiger partial charge >= 0.3 is 5.97 Å². The highest BCUT2D eigenvalue weighted by molar-refractivity contribution is 5.89. The Morgan fingerprint density at radius 1 is 1.22 bits per heavy atom. The predicted octanol–water partition coefficient (Wildman–Crippen LogP) is 0.217. The van der Waals surface area contributed by atoms with Crippen molar-refractivity contribution in [1.29, 1.82) is 0 Å². The molecule has 6 heteroatoms. The molecule has 0 aromatic rings. The van der Waals surface area contributed by atoms with E-state index in [1.54, 1.807) is 6.92 Å². The molecule has 6 nitrogen and oxygen atoms in total. The van der Waals surface area contributed by atoms with E-state index in [2.05, 4.69) is 10.6 Å². The van der Waals surface area contributed by atoms with E-state index in [0.717, 1.165) is 0 Å². The fraction of sp³-hybridized carbons (Fsp3) is 0.750. The van der Waals surface area contributed by atoms with Crippen LogP contribution in [0.15, 0.2) is 0 Å². The summed E-state index contributed by atoms with van der Waals surface area (Å²) in [7, 11) is 0. The lowest BCUT2D eigenvalue weighted by Gasteiger charge is -2.19. The van der Waals surface area contributed by atoms with Crippen molar-refractivity contribution in [3.8, 4) is 0 Å². The monoisotopic (exact) mass is 258 g/mol. The maximum Gasteiger partial charge on any atom is 0.325 e. The lowest BCUT2D eigenvalue weighted by Crippen LogP contribution is -2.48. The molecule has 2 N–H and O–H groups in total. The molecular weight excluding hydrogens is 236 g/mol. The van der Waals surface area contributed by atoms with E-state index in [1.165, 1.54) is 6.92 Å². The molecule has 0 aromatic carbocycles. The third-order valence-electron chi connectivity index (χ3n) is 2.11. The maximum absolute atomic E-state index is 11.8. The average molecular weight is 258 g/mol. The maximum atomic E-state index is 11.8. The van der Waals surface area contributed by atoms with Gasteiger partial charge in [0.1, 0.15) is 12.6 Å². The summed E-state index contributed by atoms with van der Waals surface area (Å²) in [5.41, 5.74) is 0. The summed E-state index contributed by atoms with van der Waals surface area (Å²) >= 11 is 0. The quantitative estimate of drug-likeness (QED) is 0.640. The summed E-state index contributed by atoms with van der Waals surface area (Å²) in [6.07, 6.45) is 0.522. The number of carbonyl (C=O) groups excluding carboxylic acids is 3. The molecule has 0 spiro atoms. The van der Waals surface area contributed by atoms with Crippen LogP contribution in [0, 0.1) is 5.92 Å². The number of carbonyl (C=O) groups is 3. The minimum Gasteiger partial charge on any atom is -0.465 e. The summed E-state index contributed by atoms with van der Waals surface area (Å²) in [4.78, 5) is 33.9. The lowest BCUT2D eigenvalue weighted by atomic mass is 10.0. The molecular formula is C12H22N2O4. The molecule has 0 aromatic heterocycles. The second-order valence-corrected chi connectivity index (χ2v) is 4.41. The molecule has 0 bridgehead atoms. The third kappa shape index (κ3) is 7.65. The number of hydrogen-bond acceptors (Lipinski definition) is 4. The Bertz CT molecular complexity index is 302. The van der Waals surface area contributed by atoms with Gasteiger partial charge in [0.2, 0.25) is 11.8 Å². The summed E-state index contributed by atoms with van der Waals surface area (Å²) in [5, 5.41) is 5.01. The third-order valence-corrected chi connectivity index (χ3v) is 2.11. The zero-order valence-electron chi connectivity index (χ0n) is 11.4. The van der Waals surface area contributed by atoms with Crippen molar-refractivity contribution >= 4 is 17.8 Å². The van der Waals surface area contributed by atoms with E-state index in [1.807, 2.05) is 13.8 Å². The highest BCUT2D eigenvalue weighted by atomic mass is 16.5. The largest absolute Gasteiger partial charge is 0.465 e. The Morgan fingerprint density at radius 2 is 1.83 bits per heavy atom. The predicted molar refractivity (Wildman–Crippen MR) is 66.7 cm³/mol. The molecule has 0 aliphatic rings. The van der Waals surface area contributed by atoms with E-state index < -0.39 is 12.0 Å². The van der Waals surface area contributed by atoms with Gasteiger partial charge < -0.3 is 15.4 Å². The van der Waals surface area contributed by atoms with Crippen LogP contribution >= 0.6 is 0 Å². The number of esters is 1. The Kier molecular flexibility index (Phi) is 7.74. The minimum atomic E-state index is -0.614. The first-order valence-electron chi connectivity index (χ1n) is 6.07. The van der Waals surface area contributed by atoms with E-state index in [4.69, 9.17) is 4.74 Å². The van der Waals surface area contributed by atoms with Crippen LogP contribution in [0.1, 0.15) is 34.1 Å². The van der Waals surface area contributed by atoms with Crippen molar-refractivity contribution in [1.82, 2.24) is 10.6 Å². The number of rotatable bonds is 7. The van der Waals surface area contributed by atoms with Crippen LogP contribution in [0.5, 0.6) is 0 Å². The van der Waals surface area contributed by atoms with Crippen LogP contribution in [-0.2, 0) is 19.1 Å².